The Morgan fingerprint density at radius 2 is 1.88 bits per heavy atom. The number of nitrogens with one attached hydrogen (secondary N) is 2. The number of benzene rings is 2. The highest BCUT2D eigenvalue weighted by Crippen LogP contribution is 2.30. The average Bonchev–Trinajstić information content (AvgIpc) is 3.25. The van der Waals surface area contributed by atoms with Crippen LogP contribution in [-0.2, 0) is 22.6 Å². The third kappa shape index (κ3) is 3.64. The van der Waals surface area contributed by atoms with E-state index >= 15 is 0 Å². The summed E-state index contributed by atoms with van der Waals surface area (Å²) >= 11 is 0. The molecular formula is C24H24N6O2. The molecule has 0 aliphatic carbocycles. The number of anilines is 2. The second kappa shape index (κ2) is 8.30. The van der Waals surface area contributed by atoms with E-state index in [1.807, 2.05) is 48.7 Å². The Hall–Kier alpha value is -3.94. The summed E-state index contributed by atoms with van der Waals surface area (Å²) in [6.45, 7) is 2.60. The number of amides is 2. The molecule has 1 aromatic heterocycles. The molecule has 0 bridgehead atoms. The summed E-state index contributed by atoms with van der Waals surface area (Å²) in [4.78, 5) is 34.7. The second-order valence-corrected chi connectivity index (χ2v) is 7.96. The number of hydrogen-bond donors (Lipinski definition) is 2. The van der Waals surface area contributed by atoms with Crippen molar-refractivity contribution in [3.63, 3.8) is 0 Å². The van der Waals surface area contributed by atoms with Crippen LogP contribution in [0.5, 0.6) is 0 Å². The number of aliphatic imine (C=N–C) groups is 1. The summed E-state index contributed by atoms with van der Waals surface area (Å²) in [6, 6.07) is 16.1. The molecule has 0 saturated carbocycles. The van der Waals surface area contributed by atoms with E-state index in [0.717, 1.165) is 30.8 Å². The smallest absolute Gasteiger partial charge is 0.292 e. The lowest BCUT2D eigenvalue weighted by atomic mass is 10.1. The van der Waals surface area contributed by atoms with Gasteiger partial charge in [0, 0.05) is 24.0 Å². The van der Waals surface area contributed by atoms with Crippen LogP contribution in [0.3, 0.4) is 0 Å². The van der Waals surface area contributed by atoms with Gasteiger partial charge in [0.1, 0.15) is 11.9 Å². The summed E-state index contributed by atoms with van der Waals surface area (Å²) in [5, 5.41) is 4.32. The monoisotopic (exact) mass is 428 g/mol. The number of nitrogens with zero attached hydrogens (tertiary/aromatic N) is 4. The minimum Gasteiger partial charge on any atom is -0.328 e. The lowest BCUT2D eigenvalue weighted by molar-refractivity contribution is -0.120. The summed E-state index contributed by atoms with van der Waals surface area (Å²) < 4.78 is 2.22. The Bertz CT molecular complexity index is 1200. The van der Waals surface area contributed by atoms with Crippen LogP contribution < -0.4 is 15.8 Å². The van der Waals surface area contributed by atoms with E-state index in [-0.39, 0.29) is 11.7 Å². The van der Waals surface area contributed by atoms with Crippen LogP contribution in [0.15, 0.2) is 65.8 Å². The molecule has 2 N–H and O–H groups in total. The first kappa shape index (κ1) is 20.0. The number of para-hydroxylation sites is 2. The molecule has 2 aliphatic heterocycles. The maximum absolute atomic E-state index is 13.1. The lowest BCUT2D eigenvalue weighted by Crippen LogP contribution is -2.57. The largest absolute Gasteiger partial charge is 0.328 e. The lowest BCUT2D eigenvalue weighted by Gasteiger charge is -2.30. The molecule has 3 aromatic rings. The van der Waals surface area contributed by atoms with E-state index in [2.05, 4.69) is 25.3 Å². The highest BCUT2D eigenvalue weighted by Gasteiger charge is 2.31. The van der Waals surface area contributed by atoms with E-state index in [1.165, 1.54) is 17.1 Å². The van der Waals surface area contributed by atoms with Gasteiger partial charge in [0.15, 0.2) is 0 Å². The Morgan fingerprint density at radius 3 is 2.72 bits per heavy atom. The van der Waals surface area contributed by atoms with E-state index < -0.39 is 11.9 Å². The standard InChI is InChI=1S/C24H24N6O2/c1-16-24(32)30(17-9-3-2-4-10-17)28-21(26-16)23(31)27-20-13-6-5-12-19(20)22-25-15-18-11-7-8-14-29(18)22/h2-6,9-10,12-13,15-16H,7-8,11,14H2,1H3,(H,26,28)(H,27,31). The zero-order chi connectivity index (χ0) is 22.1. The Labute approximate surface area is 186 Å². The van der Waals surface area contributed by atoms with Crippen LogP contribution in [0.25, 0.3) is 11.4 Å². The molecule has 0 radical (unpaired) electrons. The minimum atomic E-state index is -0.674. The zero-order valence-electron chi connectivity index (χ0n) is 17.8. The normalized spacial score (nSPS) is 17.9. The van der Waals surface area contributed by atoms with Crippen LogP contribution in [0.4, 0.5) is 11.4 Å². The molecule has 2 aliphatic rings. The first-order valence-corrected chi connectivity index (χ1v) is 10.8. The molecule has 0 saturated heterocycles. The molecule has 1 atom stereocenters. The van der Waals surface area contributed by atoms with E-state index in [9.17, 15) is 9.59 Å². The van der Waals surface area contributed by atoms with Crippen molar-refractivity contribution in [2.75, 3.05) is 10.3 Å². The van der Waals surface area contributed by atoms with Gasteiger partial charge in [-0.3, -0.25) is 15.0 Å². The van der Waals surface area contributed by atoms with E-state index in [1.54, 1.807) is 19.1 Å². The molecule has 5 rings (SSSR count). The summed E-state index contributed by atoms with van der Waals surface area (Å²) in [5.41, 5.74) is 6.25. The zero-order valence-corrected chi connectivity index (χ0v) is 17.8. The molecular weight excluding hydrogens is 404 g/mol. The van der Waals surface area contributed by atoms with Gasteiger partial charge in [-0.05, 0) is 50.5 Å². The van der Waals surface area contributed by atoms with Crippen LogP contribution in [0, 0.1) is 0 Å². The van der Waals surface area contributed by atoms with Gasteiger partial charge < -0.3 is 9.88 Å². The van der Waals surface area contributed by atoms with Crippen molar-refractivity contribution in [2.45, 2.75) is 38.8 Å². The molecule has 32 heavy (non-hydrogen) atoms. The quantitative estimate of drug-likeness (QED) is 0.668. The van der Waals surface area contributed by atoms with Crippen molar-refractivity contribution < 1.29 is 9.59 Å². The molecule has 0 fully saturated rings. The number of fused-ring (bicyclic) bond motifs is 1. The number of aryl methyl sites for hydroxylation is 1. The Kier molecular flexibility index (Phi) is 5.18. The van der Waals surface area contributed by atoms with Gasteiger partial charge in [-0.2, -0.15) is 0 Å². The van der Waals surface area contributed by atoms with Crippen molar-refractivity contribution in [1.82, 2.24) is 15.0 Å². The molecule has 8 heteroatoms. The van der Waals surface area contributed by atoms with Crippen LogP contribution >= 0.6 is 0 Å². The molecule has 2 amide bonds. The predicted molar refractivity (Wildman–Crippen MR) is 123 cm³/mol. The summed E-state index contributed by atoms with van der Waals surface area (Å²) in [5.74, 6) is 0.296. The number of hydrazine groups is 1. The van der Waals surface area contributed by atoms with Crippen LogP contribution in [0.2, 0.25) is 0 Å². The average molecular weight is 428 g/mol. The Morgan fingerprint density at radius 1 is 1.09 bits per heavy atom. The van der Waals surface area contributed by atoms with Crippen molar-refractivity contribution in [1.29, 1.82) is 0 Å². The number of carbonyl (C=O) groups excluding carboxylic acids is 2. The van der Waals surface area contributed by atoms with Gasteiger partial charge in [-0.1, -0.05) is 30.3 Å². The van der Waals surface area contributed by atoms with Gasteiger partial charge in [-0.15, -0.1) is 0 Å². The highest BCUT2D eigenvalue weighted by atomic mass is 16.2. The van der Waals surface area contributed by atoms with Gasteiger partial charge in [-0.25, -0.2) is 15.0 Å². The van der Waals surface area contributed by atoms with Crippen LogP contribution in [-0.4, -0.2) is 33.2 Å². The third-order valence-corrected chi connectivity index (χ3v) is 5.77. The fraction of sp³-hybridized carbons (Fsp3) is 0.250. The van der Waals surface area contributed by atoms with Gasteiger partial charge in [0.05, 0.1) is 11.4 Å². The maximum atomic E-state index is 13.1. The second-order valence-electron chi connectivity index (χ2n) is 7.96. The third-order valence-electron chi connectivity index (χ3n) is 5.77. The minimum absolute atomic E-state index is 0.0842. The molecule has 2 aromatic carbocycles. The fourth-order valence-electron chi connectivity index (χ4n) is 4.12. The first-order valence-electron chi connectivity index (χ1n) is 10.8. The van der Waals surface area contributed by atoms with Crippen molar-refractivity contribution >= 4 is 29.0 Å². The Balaban J connectivity index is 1.42. The predicted octanol–water partition coefficient (Wildman–Crippen LogP) is 3.16. The van der Waals surface area contributed by atoms with Gasteiger partial charge in [0.25, 0.3) is 11.8 Å². The number of imidazole rings is 1. The fourth-order valence-corrected chi connectivity index (χ4v) is 4.12. The number of carbonyl (C=O) groups is 2. The number of aromatic nitrogens is 2. The summed E-state index contributed by atoms with van der Waals surface area (Å²) in [7, 11) is 0. The summed E-state index contributed by atoms with van der Waals surface area (Å²) in [6.07, 6.45) is 5.23. The van der Waals surface area contributed by atoms with Crippen molar-refractivity contribution in [2.24, 2.45) is 4.99 Å². The van der Waals surface area contributed by atoms with Gasteiger partial charge in [0.2, 0.25) is 5.84 Å². The molecule has 0 spiro atoms. The van der Waals surface area contributed by atoms with E-state index in [0.29, 0.717) is 11.4 Å². The van der Waals surface area contributed by atoms with Crippen LogP contribution in [0.1, 0.15) is 25.5 Å². The topological polar surface area (TPSA) is 91.6 Å². The maximum Gasteiger partial charge on any atom is 0.292 e. The van der Waals surface area contributed by atoms with Gasteiger partial charge >= 0.3 is 0 Å². The van der Waals surface area contributed by atoms with Crippen molar-refractivity contribution in [3.8, 4) is 11.4 Å². The molecule has 8 nitrogen and oxygen atoms in total. The molecule has 162 valence electrons. The van der Waals surface area contributed by atoms with Crippen molar-refractivity contribution in [3.05, 3.63) is 66.5 Å². The van der Waals surface area contributed by atoms with E-state index in [4.69, 9.17) is 0 Å². The number of hydrogen-bond acceptors (Lipinski definition) is 5. The number of amidine groups is 1. The first-order chi connectivity index (χ1) is 15.6. The molecule has 1 unspecified atom stereocenters. The highest BCUT2D eigenvalue weighted by molar-refractivity contribution is 6.43. The number of rotatable bonds is 4. The molecule has 3 heterocycles. The SMILES string of the molecule is CC1N=C(C(=O)Nc2ccccc2-c2ncc3n2CCCC3)NN(c2ccccc2)C1=O.